The number of hydrogen-bond donors (Lipinski definition) is 0. The first-order valence-electron chi connectivity index (χ1n) is 20.4. The maximum absolute atomic E-state index is 12.4. The van der Waals surface area contributed by atoms with Crippen molar-refractivity contribution in [2.75, 3.05) is 0 Å². The maximum atomic E-state index is 12.4. The summed E-state index contributed by atoms with van der Waals surface area (Å²) in [7, 11) is 0. The number of nitrogens with zero attached hydrogens (tertiary/aromatic N) is 1. The first-order valence-corrected chi connectivity index (χ1v) is 20.4. The van der Waals surface area contributed by atoms with Gasteiger partial charge >= 0.3 is 0 Å². The van der Waals surface area contributed by atoms with Crippen molar-refractivity contribution in [1.82, 2.24) is 4.98 Å². The van der Waals surface area contributed by atoms with Gasteiger partial charge in [-0.1, -0.05) is 158 Å². The molecule has 278 valence electrons. The average molecular weight is 740 g/mol. The van der Waals surface area contributed by atoms with Crippen molar-refractivity contribution in [3.05, 3.63) is 213 Å². The van der Waals surface area contributed by atoms with Crippen LogP contribution in [0, 0.1) is 0 Å². The molecule has 0 unspecified atom stereocenters. The molecule has 0 spiro atoms. The zero-order valence-corrected chi connectivity index (χ0v) is 32.2. The molecule has 0 radical (unpaired) electrons. The third-order valence-corrected chi connectivity index (χ3v) is 11.8. The molecule has 1 heterocycles. The van der Waals surface area contributed by atoms with Crippen LogP contribution in [0.5, 0.6) is 0 Å². The third kappa shape index (κ3) is 7.46. The molecule has 11 rings (SSSR count). The Kier molecular flexibility index (Phi) is 10.4. The largest absolute Gasteiger partial charge is 0.294 e. The zero-order chi connectivity index (χ0) is 38.6. The lowest BCUT2D eigenvalue weighted by molar-refractivity contribution is 0.0971. The summed E-state index contributed by atoms with van der Waals surface area (Å²) in [4.78, 5) is 29.0. The minimum atomic E-state index is 0.181. The van der Waals surface area contributed by atoms with Crippen LogP contribution < -0.4 is 0 Å². The number of benzene rings is 6. The van der Waals surface area contributed by atoms with E-state index in [1.54, 1.807) is 0 Å². The van der Waals surface area contributed by atoms with Gasteiger partial charge in [-0.15, -0.1) is 0 Å². The Labute approximate surface area is 335 Å². The van der Waals surface area contributed by atoms with Crippen LogP contribution in [-0.4, -0.2) is 16.6 Å². The number of aromatic nitrogens is 1. The van der Waals surface area contributed by atoms with Gasteiger partial charge in [0.15, 0.2) is 11.6 Å². The van der Waals surface area contributed by atoms with Crippen LogP contribution in [0.15, 0.2) is 163 Å². The van der Waals surface area contributed by atoms with Gasteiger partial charge in [0.25, 0.3) is 0 Å². The second-order valence-electron chi connectivity index (χ2n) is 15.3. The Morgan fingerprint density at radius 3 is 1.44 bits per heavy atom. The van der Waals surface area contributed by atoms with E-state index < -0.39 is 0 Å². The van der Waals surface area contributed by atoms with Gasteiger partial charge < -0.3 is 0 Å². The Balaban J connectivity index is 0.000000124. The van der Waals surface area contributed by atoms with E-state index >= 15 is 0 Å². The van der Waals surface area contributed by atoms with Crippen molar-refractivity contribution >= 4 is 17.6 Å². The van der Waals surface area contributed by atoms with Gasteiger partial charge in [0.05, 0.1) is 11.4 Å². The number of ketones is 2. The Hall–Kier alpha value is -6.45. The molecule has 0 bridgehead atoms. The van der Waals surface area contributed by atoms with Crippen LogP contribution in [0.3, 0.4) is 0 Å². The molecule has 6 aromatic carbocycles. The van der Waals surface area contributed by atoms with Gasteiger partial charge in [-0.25, -0.2) is 4.98 Å². The molecule has 4 aliphatic rings. The zero-order valence-electron chi connectivity index (χ0n) is 32.2. The molecule has 3 nitrogen and oxygen atoms in total. The number of carbonyl (C=O) groups is 2. The Bertz CT molecular complexity index is 2560. The van der Waals surface area contributed by atoms with Crippen molar-refractivity contribution in [2.24, 2.45) is 0 Å². The van der Waals surface area contributed by atoms with Gasteiger partial charge in [0.1, 0.15) is 0 Å². The van der Waals surface area contributed by atoms with Crippen molar-refractivity contribution in [1.29, 1.82) is 0 Å². The summed E-state index contributed by atoms with van der Waals surface area (Å²) in [6, 6.07) is 54.4. The van der Waals surface area contributed by atoms with E-state index in [2.05, 4.69) is 78.9 Å². The predicted molar refractivity (Wildman–Crippen MR) is 233 cm³/mol. The van der Waals surface area contributed by atoms with Crippen molar-refractivity contribution in [2.45, 2.75) is 57.8 Å². The molecule has 4 aliphatic carbocycles. The lowest BCUT2D eigenvalue weighted by atomic mass is 9.78. The van der Waals surface area contributed by atoms with E-state index in [9.17, 15) is 9.59 Å². The molecule has 0 fully saturated rings. The highest BCUT2D eigenvalue weighted by atomic mass is 16.1. The Morgan fingerprint density at radius 1 is 0.404 bits per heavy atom. The summed E-state index contributed by atoms with van der Waals surface area (Å²) < 4.78 is 0. The summed E-state index contributed by atoms with van der Waals surface area (Å²) in [5.41, 5.74) is 19.7. The standard InChI is InChI=1S/C27H21N.C17H14O.C10H10O/c1-2-10-20(11-3-1)25-23-16-14-18-8-4-6-12-21(18)26(23)28-27-22-13-7-5-9-19(22)15-17-24(25)27;18-17-15(12-13-6-2-1-3-7-13)11-10-14-8-4-5-9-16(14)17;11-10-7-3-5-8-4-1-2-6-9(8)10/h1-13H,14-17H2;1-9,12H,10-11H2;1-2,4,6H,3,5,7H2/b;15-12+;. The summed E-state index contributed by atoms with van der Waals surface area (Å²) in [5.74, 6) is 0.493. The Morgan fingerprint density at radius 2 is 0.860 bits per heavy atom. The smallest absolute Gasteiger partial charge is 0.189 e. The topological polar surface area (TPSA) is 47.0 Å². The average Bonchev–Trinajstić information content (AvgIpc) is 3.28. The van der Waals surface area contributed by atoms with Crippen LogP contribution in [0.4, 0.5) is 0 Å². The van der Waals surface area contributed by atoms with Crippen LogP contribution in [0.25, 0.3) is 39.7 Å². The summed E-state index contributed by atoms with van der Waals surface area (Å²) >= 11 is 0. The van der Waals surface area contributed by atoms with E-state index in [1.807, 2.05) is 84.9 Å². The number of allylic oxidation sites excluding steroid dienone is 1. The summed E-state index contributed by atoms with van der Waals surface area (Å²) in [6.07, 6.45) is 11.0. The molecule has 0 amide bonds. The van der Waals surface area contributed by atoms with Gasteiger partial charge in [-0.05, 0) is 108 Å². The molecule has 0 atom stereocenters. The fourth-order valence-electron chi connectivity index (χ4n) is 9.00. The molecule has 3 heteroatoms. The number of hydrogen-bond acceptors (Lipinski definition) is 3. The fourth-order valence-corrected chi connectivity index (χ4v) is 9.00. The fraction of sp³-hybridized carbons (Fsp3) is 0.167. The van der Waals surface area contributed by atoms with E-state index in [1.165, 1.54) is 67.0 Å². The highest BCUT2D eigenvalue weighted by molar-refractivity contribution is 6.13. The van der Waals surface area contributed by atoms with Crippen molar-refractivity contribution < 1.29 is 9.59 Å². The summed E-state index contributed by atoms with van der Waals surface area (Å²) in [5, 5.41) is 0. The molecule has 0 N–H and O–H groups in total. The number of aryl methyl sites for hydroxylation is 4. The second kappa shape index (κ2) is 16.3. The van der Waals surface area contributed by atoms with Gasteiger partial charge in [0.2, 0.25) is 0 Å². The van der Waals surface area contributed by atoms with Crippen LogP contribution >= 0.6 is 0 Å². The first-order chi connectivity index (χ1) is 28.1. The molecule has 0 saturated heterocycles. The van der Waals surface area contributed by atoms with Gasteiger partial charge in [0, 0.05) is 34.2 Å². The maximum Gasteiger partial charge on any atom is 0.189 e. The van der Waals surface area contributed by atoms with Gasteiger partial charge in [-0.2, -0.15) is 0 Å². The summed E-state index contributed by atoms with van der Waals surface area (Å²) in [6.45, 7) is 0. The monoisotopic (exact) mass is 739 g/mol. The van der Waals surface area contributed by atoms with Crippen LogP contribution in [-0.2, 0) is 38.5 Å². The van der Waals surface area contributed by atoms with Crippen LogP contribution in [0.1, 0.15) is 78.9 Å². The van der Waals surface area contributed by atoms with Crippen molar-refractivity contribution in [3.63, 3.8) is 0 Å². The second-order valence-corrected chi connectivity index (χ2v) is 15.3. The van der Waals surface area contributed by atoms with Gasteiger partial charge in [-0.3, -0.25) is 9.59 Å². The molecule has 0 aliphatic heterocycles. The minimum Gasteiger partial charge on any atom is -0.294 e. The van der Waals surface area contributed by atoms with E-state index in [-0.39, 0.29) is 5.78 Å². The normalized spacial score (nSPS) is 15.2. The lowest BCUT2D eigenvalue weighted by Crippen LogP contribution is -2.14. The molecule has 7 aromatic rings. The highest BCUT2D eigenvalue weighted by Crippen LogP contribution is 2.45. The van der Waals surface area contributed by atoms with E-state index in [4.69, 9.17) is 4.98 Å². The molecule has 57 heavy (non-hydrogen) atoms. The quantitative estimate of drug-likeness (QED) is 0.166. The lowest BCUT2D eigenvalue weighted by Gasteiger charge is -2.29. The third-order valence-electron chi connectivity index (χ3n) is 11.8. The predicted octanol–water partition coefficient (Wildman–Crippen LogP) is 12.4. The molecular weight excluding hydrogens is 695 g/mol. The highest BCUT2D eigenvalue weighted by Gasteiger charge is 2.29. The molecule has 0 saturated carbocycles. The first kappa shape index (κ1) is 36.2. The SMILES string of the molecule is O=C1/C(=C/c2ccccc2)CCc2ccccc21.O=C1CCCc2ccccc21.c1ccc(-c2c3c(nc4c2CCc2ccccc2-4)-c2ccccc2CC3)cc1. The van der Waals surface area contributed by atoms with Crippen LogP contribution in [0.2, 0.25) is 0 Å². The number of pyridine rings is 1. The molecule has 1 aromatic heterocycles. The molecular formula is C54H45NO2. The number of fused-ring (bicyclic) bond motifs is 8. The number of rotatable bonds is 2. The minimum absolute atomic E-state index is 0.181. The number of carbonyl (C=O) groups excluding carboxylic acids is 2. The number of Topliss-reactive ketones (excluding diaryl/α,β-unsaturated/α-hetero) is 2. The van der Waals surface area contributed by atoms with E-state index in [0.717, 1.165) is 80.1 Å². The van der Waals surface area contributed by atoms with E-state index in [0.29, 0.717) is 5.78 Å². The van der Waals surface area contributed by atoms with Crippen molar-refractivity contribution in [3.8, 4) is 33.6 Å².